The monoisotopic (exact) mass is 317 g/mol. The minimum atomic E-state index is -0.577. The molecule has 1 saturated heterocycles. The zero-order valence-electron chi connectivity index (χ0n) is 13.2. The van der Waals surface area contributed by atoms with Gasteiger partial charge in [0.1, 0.15) is 5.75 Å². The molecule has 2 atom stereocenters. The van der Waals surface area contributed by atoms with Crippen LogP contribution >= 0.6 is 0 Å². The SMILES string of the molecule is O=C(OCC(=O)N1CCC[C@@H]2CCCC[C@H]21)c1cccc(O)c1. The van der Waals surface area contributed by atoms with E-state index >= 15 is 0 Å². The van der Waals surface area contributed by atoms with E-state index < -0.39 is 5.97 Å². The Morgan fingerprint density at radius 1 is 1.17 bits per heavy atom. The summed E-state index contributed by atoms with van der Waals surface area (Å²) in [6.07, 6.45) is 6.95. The Hall–Kier alpha value is -2.04. The van der Waals surface area contributed by atoms with Crippen LogP contribution in [-0.4, -0.2) is 41.1 Å². The van der Waals surface area contributed by atoms with Crippen molar-refractivity contribution in [3.63, 3.8) is 0 Å². The maximum Gasteiger partial charge on any atom is 0.338 e. The van der Waals surface area contributed by atoms with Crippen molar-refractivity contribution in [2.75, 3.05) is 13.2 Å². The van der Waals surface area contributed by atoms with Gasteiger partial charge in [0.25, 0.3) is 5.91 Å². The van der Waals surface area contributed by atoms with Crippen LogP contribution in [0.2, 0.25) is 0 Å². The van der Waals surface area contributed by atoms with E-state index in [2.05, 4.69) is 0 Å². The Balaban J connectivity index is 1.57. The van der Waals surface area contributed by atoms with Crippen molar-refractivity contribution in [2.45, 2.75) is 44.6 Å². The summed E-state index contributed by atoms with van der Waals surface area (Å²) in [6.45, 7) is 0.543. The first-order chi connectivity index (χ1) is 11.1. The van der Waals surface area contributed by atoms with Crippen molar-refractivity contribution in [1.29, 1.82) is 0 Å². The third kappa shape index (κ3) is 3.66. The predicted octanol–water partition coefficient (Wildman–Crippen LogP) is 2.73. The Labute approximate surface area is 136 Å². The Bertz CT molecular complexity index is 584. The first-order valence-electron chi connectivity index (χ1n) is 8.41. The highest BCUT2D eigenvalue weighted by Crippen LogP contribution is 2.35. The van der Waals surface area contributed by atoms with Crippen molar-refractivity contribution in [1.82, 2.24) is 4.90 Å². The van der Waals surface area contributed by atoms with Gasteiger partial charge in [-0.3, -0.25) is 4.79 Å². The smallest absolute Gasteiger partial charge is 0.338 e. The maximum absolute atomic E-state index is 12.5. The molecule has 0 spiro atoms. The van der Waals surface area contributed by atoms with Crippen LogP contribution < -0.4 is 0 Å². The maximum atomic E-state index is 12.5. The highest BCUT2D eigenvalue weighted by molar-refractivity contribution is 5.91. The normalized spacial score (nSPS) is 23.9. The second-order valence-electron chi connectivity index (χ2n) is 6.47. The first kappa shape index (κ1) is 15.8. The van der Waals surface area contributed by atoms with E-state index in [1.54, 1.807) is 12.1 Å². The number of hydrogen-bond donors (Lipinski definition) is 1. The molecular weight excluding hydrogens is 294 g/mol. The fourth-order valence-electron chi connectivity index (χ4n) is 3.86. The van der Waals surface area contributed by atoms with Crippen LogP contribution in [-0.2, 0) is 9.53 Å². The van der Waals surface area contributed by atoms with Crippen LogP contribution in [0.3, 0.4) is 0 Å². The first-order valence-corrected chi connectivity index (χ1v) is 8.41. The van der Waals surface area contributed by atoms with E-state index in [-0.39, 0.29) is 23.8 Å². The summed E-state index contributed by atoms with van der Waals surface area (Å²) in [5.41, 5.74) is 0.256. The summed E-state index contributed by atoms with van der Waals surface area (Å²) in [6, 6.07) is 6.28. The number of esters is 1. The number of phenolic OH excluding ortho intramolecular Hbond substituents is 1. The number of phenols is 1. The molecule has 23 heavy (non-hydrogen) atoms. The third-order valence-corrected chi connectivity index (χ3v) is 4.97. The van der Waals surface area contributed by atoms with E-state index in [0.717, 1.165) is 19.4 Å². The molecule has 0 radical (unpaired) electrons. The largest absolute Gasteiger partial charge is 0.508 e. The van der Waals surface area contributed by atoms with Crippen molar-refractivity contribution in [2.24, 2.45) is 5.92 Å². The van der Waals surface area contributed by atoms with Crippen LogP contribution in [0.1, 0.15) is 48.9 Å². The lowest BCUT2D eigenvalue weighted by atomic mass is 9.78. The molecule has 2 aliphatic rings. The molecule has 1 saturated carbocycles. The highest BCUT2D eigenvalue weighted by atomic mass is 16.5. The number of aromatic hydroxyl groups is 1. The van der Waals surface area contributed by atoms with Gasteiger partial charge < -0.3 is 14.7 Å². The standard InChI is InChI=1S/C18H23NO4/c20-15-8-3-6-14(11-15)18(22)23-12-17(21)19-10-4-7-13-5-1-2-9-16(13)19/h3,6,8,11,13,16,20H,1-2,4-5,7,9-10,12H2/t13-,16+/m0/s1. The van der Waals surface area contributed by atoms with Crippen LogP contribution in [0.4, 0.5) is 0 Å². The summed E-state index contributed by atoms with van der Waals surface area (Å²) >= 11 is 0. The Morgan fingerprint density at radius 3 is 2.78 bits per heavy atom. The fourth-order valence-corrected chi connectivity index (χ4v) is 3.86. The molecule has 0 unspecified atom stereocenters. The summed E-state index contributed by atoms with van der Waals surface area (Å²) in [5, 5.41) is 9.39. The van der Waals surface area contributed by atoms with E-state index in [0.29, 0.717) is 12.0 Å². The van der Waals surface area contributed by atoms with E-state index in [1.807, 2.05) is 4.90 Å². The number of carbonyl (C=O) groups excluding carboxylic acids is 2. The van der Waals surface area contributed by atoms with Gasteiger partial charge in [0, 0.05) is 12.6 Å². The molecule has 1 aromatic carbocycles. The number of hydrogen-bond acceptors (Lipinski definition) is 4. The number of fused-ring (bicyclic) bond motifs is 1. The number of ether oxygens (including phenoxy) is 1. The quantitative estimate of drug-likeness (QED) is 0.871. The van der Waals surface area contributed by atoms with Crippen LogP contribution in [0, 0.1) is 5.92 Å². The van der Waals surface area contributed by atoms with Gasteiger partial charge in [-0.25, -0.2) is 4.79 Å². The van der Waals surface area contributed by atoms with Gasteiger partial charge in [-0.1, -0.05) is 18.9 Å². The number of carbonyl (C=O) groups is 2. The highest BCUT2D eigenvalue weighted by Gasteiger charge is 2.35. The van der Waals surface area contributed by atoms with Gasteiger partial charge in [-0.2, -0.15) is 0 Å². The van der Waals surface area contributed by atoms with Crippen LogP contribution in [0.25, 0.3) is 0 Å². The average molecular weight is 317 g/mol. The molecule has 2 fully saturated rings. The second kappa shape index (κ2) is 7.02. The minimum Gasteiger partial charge on any atom is -0.508 e. The van der Waals surface area contributed by atoms with Gasteiger partial charge in [0.2, 0.25) is 0 Å². The lowest BCUT2D eigenvalue weighted by molar-refractivity contribution is -0.140. The molecule has 1 amide bonds. The molecule has 1 N–H and O–H groups in total. The summed E-state index contributed by atoms with van der Waals surface area (Å²) in [7, 11) is 0. The molecule has 124 valence electrons. The van der Waals surface area contributed by atoms with Crippen LogP contribution in [0.15, 0.2) is 24.3 Å². The van der Waals surface area contributed by atoms with Crippen molar-refractivity contribution in [3.05, 3.63) is 29.8 Å². The number of rotatable bonds is 3. The Morgan fingerprint density at radius 2 is 1.96 bits per heavy atom. The van der Waals surface area contributed by atoms with Crippen molar-refractivity contribution >= 4 is 11.9 Å². The van der Waals surface area contributed by atoms with E-state index in [1.165, 1.54) is 37.8 Å². The molecule has 3 rings (SSSR count). The fraction of sp³-hybridized carbons (Fsp3) is 0.556. The van der Waals surface area contributed by atoms with Crippen molar-refractivity contribution in [3.8, 4) is 5.75 Å². The summed E-state index contributed by atoms with van der Waals surface area (Å²) in [4.78, 5) is 26.3. The van der Waals surface area contributed by atoms with Gasteiger partial charge >= 0.3 is 5.97 Å². The topological polar surface area (TPSA) is 66.8 Å². The summed E-state index contributed by atoms with van der Waals surface area (Å²) < 4.78 is 5.14. The second-order valence-corrected chi connectivity index (χ2v) is 6.47. The molecule has 1 aromatic rings. The van der Waals surface area contributed by atoms with Gasteiger partial charge in [0.05, 0.1) is 5.56 Å². The molecule has 0 aromatic heterocycles. The van der Waals surface area contributed by atoms with Gasteiger partial charge in [-0.15, -0.1) is 0 Å². The zero-order valence-corrected chi connectivity index (χ0v) is 13.2. The number of piperidine rings is 1. The predicted molar refractivity (Wildman–Crippen MR) is 85.1 cm³/mol. The molecule has 1 aliphatic heterocycles. The summed E-state index contributed by atoms with van der Waals surface area (Å²) in [5.74, 6) is -0.0587. The van der Waals surface area contributed by atoms with Crippen LogP contribution in [0.5, 0.6) is 5.75 Å². The minimum absolute atomic E-state index is 0.00635. The third-order valence-electron chi connectivity index (χ3n) is 4.97. The van der Waals surface area contributed by atoms with Gasteiger partial charge in [0.15, 0.2) is 6.61 Å². The number of likely N-dealkylation sites (tertiary alicyclic amines) is 1. The number of benzene rings is 1. The van der Waals surface area contributed by atoms with E-state index in [9.17, 15) is 14.7 Å². The molecule has 1 heterocycles. The number of nitrogens with zero attached hydrogens (tertiary/aromatic N) is 1. The molecule has 1 aliphatic carbocycles. The number of amides is 1. The molecule has 5 heteroatoms. The molecule has 0 bridgehead atoms. The molecular formula is C18H23NO4. The lowest BCUT2D eigenvalue weighted by Crippen LogP contribution is -2.50. The van der Waals surface area contributed by atoms with E-state index in [4.69, 9.17) is 4.74 Å². The average Bonchev–Trinajstić information content (AvgIpc) is 2.59. The van der Waals surface area contributed by atoms with Gasteiger partial charge in [-0.05, 0) is 49.8 Å². The zero-order chi connectivity index (χ0) is 16.2. The molecule has 5 nitrogen and oxygen atoms in total. The Kier molecular flexibility index (Phi) is 4.84. The lowest BCUT2D eigenvalue weighted by Gasteiger charge is -2.44. The van der Waals surface area contributed by atoms with Crippen molar-refractivity contribution < 1.29 is 19.4 Å².